The van der Waals surface area contributed by atoms with Gasteiger partial charge in [-0.05, 0) is 32.4 Å². The summed E-state index contributed by atoms with van der Waals surface area (Å²) in [7, 11) is -2.63. The predicted octanol–water partition coefficient (Wildman–Crippen LogP) is 1.74. The molecule has 1 aromatic carbocycles. The van der Waals surface area contributed by atoms with Crippen LogP contribution in [0.5, 0.6) is 5.75 Å². The van der Waals surface area contributed by atoms with Gasteiger partial charge in [0.1, 0.15) is 5.75 Å². The van der Waals surface area contributed by atoms with Crippen LogP contribution in [0.2, 0.25) is 0 Å². The second-order valence-corrected chi connectivity index (χ2v) is 9.34. The number of carbonyl (C=O) groups excluding carboxylic acids is 2. The van der Waals surface area contributed by atoms with Gasteiger partial charge in [0.05, 0.1) is 22.8 Å². The zero-order valence-corrected chi connectivity index (χ0v) is 17.4. The van der Waals surface area contributed by atoms with Gasteiger partial charge in [-0.1, -0.05) is 0 Å². The van der Waals surface area contributed by atoms with E-state index in [-0.39, 0.29) is 23.1 Å². The molecule has 2 N–H and O–H groups in total. The number of likely N-dealkylation sites (N-methyl/N-ethyl adjacent to an activating group) is 1. The topological polar surface area (TPSA) is 118 Å². The van der Waals surface area contributed by atoms with Crippen molar-refractivity contribution in [1.29, 1.82) is 0 Å². The van der Waals surface area contributed by atoms with Crippen LogP contribution in [0.1, 0.15) is 18.2 Å². The molecule has 0 aliphatic carbocycles. The van der Waals surface area contributed by atoms with Gasteiger partial charge >= 0.3 is 0 Å². The molecule has 150 valence electrons. The summed E-state index contributed by atoms with van der Waals surface area (Å²) >= 11 is 1.27. The lowest BCUT2D eigenvalue weighted by atomic mass is 10.1. The number of nitrogens with one attached hydrogen (secondary N) is 2. The summed E-state index contributed by atoms with van der Waals surface area (Å²) in [6.07, 6.45) is -0.726. The molecule has 1 aliphatic rings. The van der Waals surface area contributed by atoms with Crippen LogP contribution in [-0.4, -0.2) is 49.2 Å². The average molecular weight is 425 g/mol. The van der Waals surface area contributed by atoms with Crippen molar-refractivity contribution in [3.05, 3.63) is 28.8 Å². The Kier molecular flexibility index (Phi) is 5.41. The van der Waals surface area contributed by atoms with E-state index in [0.29, 0.717) is 16.4 Å². The van der Waals surface area contributed by atoms with Crippen LogP contribution in [0.3, 0.4) is 0 Å². The van der Waals surface area contributed by atoms with E-state index in [9.17, 15) is 18.0 Å². The van der Waals surface area contributed by atoms with Crippen LogP contribution in [0.15, 0.2) is 22.4 Å². The van der Waals surface area contributed by atoms with Crippen LogP contribution in [0, 0.1) is 13.8 Å². The molecule has 0 radical (unpaired) electrons. The molecular weight excluding hydrogens is 404 g/mol. The monoisotopic (exact) mass is 424 g/mol. The van der Waals surface area contributed by atoms with Gasteiger partial charge < -0.3 is 15.4 Å². The number of sulfonamides is 1. The van der Waals surface area contributed by atoms with Gasteiger partial charge in [-0.25, -0.2) is 13.4 Å². The number of ether oxygens (including phenoxy) is 1. The first-order chi connectivity index (χ1) is 13.1. The SMILES string of the molecule is Cc1csc(NC(=O)CN(C)S(=O)(=O)c2cc3c(cc2C)NC(=O)[C@H](C)O3)n1. The van der Waals surface area contributed by atoms with Crippen molar-refractivity contribution >= 4 is 44.0 Å². The van der Waals surface area contributed by atoms with Gasteiger partial charge in [0, 0.05) is 18.5 Å². The molecule has 28 heavy (non-hydrogen) atoms. The van der Waals surface area contributed by atoms with E-state index in [4.69, 9.17) is 4.74 Å². The molecule has 0 unspecified atom stereocenters. The summed E-state index contributed by atoms with van der Waals surface area (Å²) in [4.78, 5) is 28.0. The molecule has 0 fully saturated rings. The third-order valence-corrected chi connectivity index (χ3v) is 6.95. The minimum Gasteiger partial charge on any atom is -0.479 e. The van der Waals surface area contributed by atoms with Crippen molar-refractivity contribution in [1.82, 2.24) is 9.29 Å². The van der Waals surface area contributed by atoms with Gasteiger partial charge in [-0.3, -0.25) is 9.59 Å². The molecule has 0 saturated heterocycles. The van der Waals surface area contributed by atoms with E-state index in [0.717, 1.165) is 10.00 Å². The highest BCUT2D eigenvalue weighted by Crippen LogP contribution is 2.35. The number of hydrogen-bond acceptors (Lipinski definition) is 7. The Morgan fingerprint density at radius 3 is 2.75 bits per heavy atom. The molecule has 2 heterocycles. The number of rotatable bonds is 5. The third kappa shape index (κ3) is 4.01. The van der Waals surface area contributed by atoms with E-state index < -0.39 is 22.0 Å². The number of nitrogens with zero attached hydrogens (tertiary/aromatic N) is 2. The molecule has 2 aromatic rings. The highest BCUT2D eigenvalue weighted by Gasteiger charge is 2.30. The second kappa shape index (κ2) is 7.49. The first kappa shape index (κ1) is 20.2. The van der Waals surface area contributed by atoms with Crippen molar-refractivity contribution in [2.45, 2.75) is 31.8 Å². The van der Waals surface area contributed by atoms with Crippen LogP contribution in [-0.2, 0) is 19.6 Å². The smallest absolute Gasteiger partial charge is 0.265 e. The van der Waals surface area contributed by atoms with Crippen LogP contribution in [0.25, 0.3) is 0 Å². The maximum atomic E-state index is 13.0. The second-order valence-electron chi connectivity index (χ2n) is 6.47. The molecule has 1 aliphatic heterocycles. The van der Waals surface area contributed by atoms with Gasteiger partial charge in [0.2, 0.25) is 15.9 Å². The minimum atomic E-state index is -3.95. The minimum absolute atomic E-state index is 0.00925. The van der Waals surface area contributed by atoms with Crippen LogP contribution in [0.4, 0.5) is 10.8 Å². The average Bonchev–Trinajstić information content (AvgIpc) is 3.00. The summed E-state index contributed by atoms with van der Waals surface area (Å²) in [5, 5.41) is 7.46. The Morgan fingerprint density at radius 2 is 2.11 bits per heavy atom. The number of aromatic nitrogens is 1. The van der Waals surface area contributed by atoms with Crippen LogP contribution >= 0.6 is 11.3 Å². The van der Waals surface area contributed by atoms with Crippen molar-refractivity contribution < 1.29 is 22.7 Å². The zero-order valence-electron chi connectivity index (χ0n) is 15.8. The zero-order chi connectivity index (χ0) is 20.6. The molecule has 1 atom stereocenters. The molecule has 3 rings (SSSR count). The Morgan fingerprint density at radius 1 is 1.39 bits per heavy atom. The van der Waals surface area contributed by atoms with E-state index >= 15 is 0 Å². The third-order valence-electron chi connectivity index (χ3n) is 4.13. The van der Waals surface area contributed by atoms with Gasteiger partial charge in [0.15, 0.2) is 11.2 Å². The lowest BCUT2D eigenvalue weighted by Crippen LogP contribution is -2.36. The van der Waals surface area contributed by atoms with Crippen molar-refractivity contribution in [2.24, 2.45) is 0 Å². The summed E-state index contributed by atoms with van der Waals surface area (Å²) < 4.78 is 32.4. The molecular formula is C17H20N4O5S2. The Labute approximate surface area is 166 Å². The fraction of sp³-hybridized carbons (Fsp3) is 0.353. The fourth-order valence-electron chi connectivity index (χ4n) is 2.65. The van der Waals surface area contributed by atoms with E-state index in [1.165, 1.54) is 30.5 Å². The lowest BCUT2D eigenvalue weighted by Gasteiger charge is -2.25. The van der Waals surface area contributed by atoms with Gasteiger partial charge in [0.25, 0.3) is 5.91 Å². The number of fused-ring (bicyclic) bond motifs is 1. The number of carbonyl (C=O) groups is 2. The summed E-state index contributed by atoms with van der Waals surface area (Å²) in [6.45, 7) is 4.62. The Bertz CT molecular complexity index is 1050. The first-order valence-electron chi connectivity index (χ1n) is 8.38. The molecule has 2 amide bonds. The first-order valence-corrected chi connectivity index (χ1v) is 10.7. The van der Waals surface area contributed by atoms with Crippen molar-refractivity contribution in [3.63, 3.8) is 0 Å². The molecule has 0 bridgehead atoms. The molecule has 11 heteroatoms. The largest absolute Gasteiger partial charge is 0.479 e. The quantitative estimate of drug-likeness (QED) is 0.755. The fourth-order valence-corrected chi connectivity index (χ4v) is 4.70. The molecule has 9 nitrogen and oxygen atoms in total. The maximum absolute atomic E-state index is 13.0. The summed E-state index contributed by atoms with van der Waals surface area (Å²) in [5.74, 6) is -0.519. The highest BCUT2D eigenvalue weighted by molar-refractivity contribution is 7.89. The van der Waals surface area contributed by atoms with Crippen molar-refractivity contribution in [2.75, 3.05) is 24.2 Å². The van der Waals surface area contributed by atoms with E-state index in [1.54, 1.807) is 26.2 Å². The molecule has 0 saturated carbocycles. The van der Waals surface area contributed by atoms with E-state index in [2.05, 4.69) is 15.6 Å². The highest BCUT2D eigenvalue weighted by atomic mass is 32.2. The maximum Gasteiger partial charge on any atom is 0.265 e. The van der Waals surface area contributed by atoms with Gasteiger partial charge in [-0.2, -0.15) is 4.31 Å². The number of hydrogen-bond donors (Lipinski definition) is 2. The Balaban J connectivity index is 1.80. The number of benzene rings is 1. The number of anilines is 2. The standard InChI is InChI=1S/C17H20N4O5S2/c1-9-5-12-13(26-11(3)16(23)19-12)6-14(9)28(24,25)21(4)7-15(22)20-17-18-10(2)8-27-17/h5-6,8,11H,7H2,1-4H3,(H,19,23)(H,18,20,22)/t11-/m0/s1. The van der Waals surface area contributed by atoms with Crippen molar-refractivity contribution in [3.8, 4) is 5.75 Å². The normalized spacial score (nSPS) is 16.3. The molecule has 1 aromatic heterocycles. The Hall–Kier alpha value is -2.50. The number of amides is 2. The van der Waals surface area contributed by atoms with E-state index in [1.807, 2.05) is 0 Å². The summed E-state index contributed by atoms with van der Waals surface area (Å²) in [5.41, 5.74) is 1.62. The molecule has 0 spiro atoms. The number of thiazole rings is 1. The summed E-state index contributed by atoms with van der Waals surface area (Å²) in [6, 6.07) is 2.91. The van der Waals surface area contributed by atoms with Crippen LogP contribution < -0.4 is 15.4 Å². The lowest BCUT2D eigenvalue weighted by molar-refractivity contribution is -0.122. The predicted molar refractivity (Wildman–Crippen MR) is 105 cm³/mol. The van der Waals surface area contributed by atoms with Gasteiger partial charge in [-0.15, -0.1) is 11.3 Å². The number of aryl methyl sites for hydroxylation is 2.